The van der Waals surface area contributed by atoms with Gasteiger partial charge in [-0.1, -0.05) is 13.8 Å². The molecule has 1 aliphatic heterocycles. The molecule has 1 saturated heterocycles. The van der Waals surface area contributed by atoms with Crippen LogP contribution in [0.2, 0.25) is 0 Å². The second kappa shape index (κ2) is 6.19. The SMILES string of the molecule is CC(C)C1CCCN(c2ccc(CCO)nc2)C1. The Hall–Kier alpha value is -1.09. The third-order valence-electron chi connectivity index (χ3n) is 3.94. The molecule has 1 fully saturated rings. The molecule has 2 rings (SSSR count). The summed E-state index contributed by atoms with van der Waals surface area (Å²) in [7, 11) is 0. The summed E-state index contributed by atoms with van der Waals surface area (Å²) in [4.78, 5) is 6.86. The number of hydrogen-bond acceptors (Lipinski definition) is 3. The average Bonchev–Trinajstić information content (AvgIpc) is 2.40. The molecule has 0 amide bonds. The Labute approximate surface area is 110 Å². The van der Waals surface area contributed by atoms with Gasteiger partial charge >= 0.3 is 0 Å². The molecule has 0 spiro atoms. The molecule has 1 aromatic rings. The van der Waals surface area contributed by atoms with Gasteiger partial charge in [-0.15, -0.1) is 0 Å². The van der Waals surface area contributed by atoms with E-state index >= 15 is 0 Å². The number of aromatic nitrogens is 1. The van der Waals surface area contributed by atoms with Crippen molar-refractivity contribution in [1.29, 1.82) is 0 Å². The summed E-state index contributed by atoms with van der Waals surface area (Å²) >= 11 is 0. The molecule has 1 unspecified atom stereocenters. The third-order valence-corrected chi connectivity index (χ3v) is 3.94. The molecular formula is C15H24N2O. The fraction of sp³-hybridized carbons (Fsp3) is 0.667. The predicted octanol–water partition coefficient (Wildman–Crippen LogP) is 2.49. The summed E-state index contributed by atoms with van der Waals surface area (Å²) in [6, 6.07) is 4.17. The monoisotopic (exact) mass is 248 g/mol. The molecule has 18 heavy (non-hydrogen) atoms. The van der Waals surface area contributed by atoms with Crippen molar-refractivity contribution >= 4 is 5.69 Å². The number of piperidine rings is 1. The fourth-order valence-corrected chi connectivity index (χ4v) is 2.65. The van der Waals surface area contributed by atoms with Crippen LogP contribution in [-0.4, -0.2) is 29.8 Å². The van der Waals surface area contributed by atoms with E-state index in [4.69, 9.17) is 5.11 Å². The highest BCUT2D eigenvalue weighted by Gasteiger charge is 2.22. The van der Waals surface area contributed by atoms with E-state index < -0.39 is 0 Å². The van der Waals surface area contributed by atoms with Gasteiger partial charge in [0.25, 0.3) is 0 Å². The molecule has 0 bridgehead atoms. The number of aliphatic hydroxyl groups is 1. The summed E-state index contributed by atoms with van der Waals surface area (Å²) in [5, 5.41) is 8.88. The zero-order valence-corrected chi connectivity index (χ0v) is 11.5. The van der Waals surface area contributed by atoms with E-state index in [0.29, 0.717) is 6.42 Å². The highest BCUT2D eigenvalue weighted by atomic mass is 16.3. The first-order valence-corrected chi connectivity index (χ1v) is 7.01. The molecule has 1 N–H and O–H groups in total. The second-order valence-corrected chi connectivity index (χ2v) is 5.57. The lowest BCUT2D eigenvalue weighted by atomic mass is 9.88. The Morgan fingerprint density at radius 2 is 2.28 bits per heavy atom. The van der Waals surface area contributed by atoms with E-state index in [1.54, 1.807) is 0 Å². The molecule has 0 aromatic carbocycles. The molecule has 0 saturated carbocycles. The van der Waals surface area contributed by atoms with Gasteiger partial charge in [0.15, 0.2) is 0 Å². The Balaban J connectivity index is 2.02. The van der Waals surface area contributed by atoms with Crippen LogP contribution in [0.4, 0.5) is 5.69 Å². The van der Waals surface area contributed by atoms with Crippen LogP contribution in [0.3, 0.4) is 0 Å². The zero-order valence-electron chi connectivity index (χ0n) is 11.5. The van der Waals surface area contributed by atoms with Crippen molar-refractivity contribution in [3.8, 4) is 0 Å². The smallest absolute Gasteiger partial charge is 0.0553 e. The molecule has 100 valence electrons. The quantitative estimate of drug-likeness (QED) is 0.889. The topological polar surface area (TPSA) is 36.4 Å². The van der Waals surface area contributed by atoms with Gasteiger partial charge in [0.2, 0.25) is 0 Å². The lowest BCUT2D eigenvalue weighted by Gasteiger charge is -2.36. The largest absolute Gasteiger partial charge is 0.396 e. The lowest BCUT2D eigenvalue weighted by molar-refractivity contribution is 0.298. The first-order valence-electron chi connectivity index (χ1n) is 7.01. The van der Waals surface area contributed by atoms with Gasteiger partial charge in [-0.25, -0.2) is 0 Å². The Kier molecular flexibility index (Phi) is 4.59. The summed E-state index contributed by atoms with van der Waals surface area (Å²) in [5.41, 5.74) is 2.20. The van der Waals surface area contributed by atoms with Gasteiger partial charge < -0.3 is 10.0 Å². The van der Waals surface area contributed by atoms with Gasteiger partial charge in [-0.05, 0) is 36.8 Å². The molecule has 0 radical (unpaired) electrons. The van der Waals surface area contributed by atoms with Gasteiger partial charge in [0.1, 0.15) is 0 Å². The third kappa shape index (κ3) is 3.22. The number of hydrogen-bond donors (Lipinski definition) is 1. The molecule has 2 heterocycles. The van der Waals surface area contributed by atoms with Crippen LogP contribution in [0, 0.1) is 11.8 Å². The van der Waals surface area contributed by atoms with Crippen molar-refractivity contribution in [2.45, 2.75) is 33.1 Å². The summed E-state index contributed by atoms with van der Waals surface area (Å²) in [6.07, 6.45) is 5.23. The molecule has 3 heteroatoms. The van der Waals surface area contributed by atoms with Crippen molar-refractivity contribution in [1.82, 2.24) is 4.98 Å². The molecule has 0 aliphatic carbocycles. The minimum Gasteiger partial charge on any atom is -0.396 e. The normalized spacial score (nSPS) is 20.4. The van der Waals surface area contributed by atoms with E-state index in [-0.39, 0.29) is 6.61 Å². The number of anilines is 1. The standard InChI is InChI=1S/C15H24N2O/c1-12(2)13-4-3-8-17(11-13)15-6-5-14(7-9-18)16-10-15/h5-6,10,12-13,18H,3-4,7-9,11H2,1-2H3. The van der Waals surface area contributed by atoms with Gasteiger partial charge in [-0.2, -0.15) is 0 Å². The number of pyridine rings is 1. The molecular weight excluding hydrogens is 224 g/mol. The van der Waals surface area contributed by atoms with Gasteiger partial charge in [0, 0.05) is 31.8 Å². The van der Waals surface area contributed by atoms with Gasteiger partial charge in [-0.3, -0.25) is 4.98 Å². The number of aliphatic hydroxyl groups excluding tert-OH is 1. The summed E-state index contributed by atoms with van der Waals surface area (Å²) in [5.74, 6) is 1.56. The Morgan fingerprint density at radius 3 is 2.89 bits per heavy atom. The number of rotatable bonds is 4. The van der Waals surface area contributed by atoms with Crippen LogP contribution in [0.1, 0.15) is 32.4 Å². The van der Waals surface area contributed by atoms with Gasteiger partial charge in [0.05, 0.1) is 11.9 Å². The van der Waals surface area contributed by atoms with Crippen LogP contribution in [-0.2, 0) is 6.42 Å². The highest BCUT2D eigenvalue weighted by Crippen LogP contribution is 2.27. The van der Waals surface area contributed by atoms with Crippen LogP contribution in [0.25, 0.3) is 0 Å². The zero-order chi connectivity index (χ0) is 13.0. The predicted molar refractivity (Wildman–Crippen MR) is 74.8 cm³/mol. The van der Waals surface area contributed by atoms with E-state index in [1.165, 1.54) is 18.5 Å². The maximum atomic E-state index is 8.88. The maximum absolute atomic E-state index is 8.88. The lowest BCUT2D eigenvalue weighted by Crippen LogP contribution is -2.37. The van der Waals surface area contributed by atoms with Crippen LogP contribution >= 0.6 is 0 Å². The molecule has 1 aliphatic rings. The van der Waals surface area contributed by atoms with Crippen molar-refractivity contribution in [3.63, 3.8) is 0 Å². The minimum absolute atomic E-state index is 0.172. The minimum atomic E-state index is 0.172. The van der Waals surface area contributed by atoms with Crippen LogP contribution < -0.4 is 4.90 Å². The van der Waals surface area contributed by atoms with Crippen molar-refractivity contribution in [2.24, 2.45) is 11.8 Å². The van der Waals surface area contributed by atoms with E-state index in [9.17, 15) is 0 Å². The Morgan fingerprint density at radius 1 is 1.44 bits per heavy atom. The molecule has 1 atom stereocenters. The van der Waals surface area contributed by atoms with E-state index in [0.717, 1.165) is 30.6 Å². The second-order valence-electron chi connectivity index (χ2n) is 5.57. The summed E-state index contributed by atoms with van der Waals surface area (Å²) in [6.45, 7) is 7.10. The summed E-state index contributed by atoms with van der Waals surface area (Å²) < 4.78 is 0. The van der Waals surface area contributed by atoms with Crippen LogP contribution in [0.15, 0.2) is 18.3 Å². The highest BCUT2D eigenvalue weighted by molar-refractivity contribution is 5.45. The average molecular weight is 248 g/mol. The first kappa shape index (κ1) is 13.3. The first-order chi connectivity index (χ1) is 8.70. The maximum Gasteiger partial charge on any atom is 0.0553 e. The van der Waals surface area contributed by atoms with Crippen molar-refractivity contribution < 1.29 is 5.11 Å². The van der Waals surface area contributed by atoms with Crippen LogP contribution in [0.5, 0.6) is 0 Å². The van der Waals surface area contributed by atoms with E-state index in [2.05, 4.69) is 29.8 Å². The van der Waals surface area contributed by atoms with Crippen molar-refractivity contribution in [2.75, 3.05) is 24.6 Å². The molecule has 1 aromatic heterocycles. The fourth-order valence-electron chi connectivity index (χ4n) is 2.65. The van der Waals surface area contributed by atoms with Crippen molar-refractivity contribution in [3.05, 3.63) is 24.0 Å². The number of nitrogens with zero attached hydrogens (tertiary/aromatic N) is 2. The van der Waals surface area contributed by atoms with E-state index in [1.807, 2.05) is 12.3 Å². The molecule has 3 nitrogen and oxygen atoms in total. The Bertz CT molecular complexity index is 361.